The number of aromatic amines is 1. The number of hydrogen-bond acceptors (Lipinski definition) is 2. The molecule has 1 aliphatic carbocycles. The molecule has 0 radical (unpaired) electrons. The average Bonchev–Trinajstić information content (AvgIpc) is 2.96. The molecule has 25 heavy (non-hydrogen) atoms. The average molecular weight is 374 g/mol. The van der Waals surface area contributed by atoms with Crippen molar-refractivity contribution >= 4 is 34.1 Å². The van der Waals surface area contributed by atoms with Crippen LogP contribution < -0.4 is 5.32 Å². The number of H-pyrrole nitrogens is 1. The van der Waals surface area contributed by atoms with Crippen LogP contribution in [0.15, 0.2) is 42.9 Å². The number of nitrogens with zero attached hydrogens (tertiary/aromatic N) is 1. The highest BCUT2D eigenvalue weighted by Crippen LogP contribution is 2.37. The van der Waals surface area contributed by atoms with Gasteiger partial charge in [-0.25, -0.2) is 0 Å². The topological polar surface area (TPSA) is 40.7 Å². The Kier molecular flexibility index (Phi) is 4.98. The van der Waals surface area contributed by atoms with E-state index in [0.717, 1.165) is 29.8 Å². The van der Waals surface area contributed by atoms with Crippen molar-refractivity contribution in [3.63, 3.8) is 0 Å². The molecule has 3 nitrogen and oxygen atoms in total. The minimum Gasteiger partial charge on any atom is -0.361 e. The molecule has 130 valence electrons. The molecular formula is C20H21Cl2N3. The molecule has 5 heteroatoms. The van der Waals surface area contributed by atoms with Crippen LogP contribution in [0.25, 0.3) is 10.9 Å². The summed E-state index contributed by atoms with van der Waals surface area (Å²) in [5.74, 6) is 0.717. The van der Waals surface area contributed by atoms with Gasteiger partial charge in [0.1, 0.15) is 0 Å². The van der Waals surface area contributed by atoms with Gasteiger partial charge in [0.2, 0.25) is 0 Å². The van der Waals surface area contributed by atoms with Gasteiger partial charge in [0.15, 0.2) is 0 Å². The van der Waals surface area contributed by atoms with Crippen LogP contribution in [-0.2, 0) is 6.42 Å². The molecule has 4 rings (SSSR count). The van der Waals surface area contributed by atoms with Gasteiger partial charge in [-0.2, -0.15) is 0 Å². The molecule has 1 aliphatic rings. The fourth-order valence-corrected chi connectivity index (χ4v) is 4.31. The van der Waals surface area contributed by atoms with Gasteiger partial charge in [-0.3, -0.25) is 4.98 Å². The first-order valence-electron chi connectivity index (χ1n) is 8.80. The number of fused-ring (bicyclic) bond motifs is 1. The second kappa shape index (κ2) is 7.36. The first-order valence-corrected chi connectivity index (χ1v) is 9.56. The molecule has 0 spiro atoms. The fourth-order valence-electron chi connectivity index (χ4n) is 3.70. The summed E-state index contributed by atoms with van der Waals surface area (Å²) < 4.78 is 0. The zero-order chi connectivity index (χ0) is 17.2. The third kappa shape index (κ3) is 3.55. The number of benzene rings is 1. The van der Waals surface area contributed by atoms with Gasteiger partial charge < -0.3 is 10.3 Å². The monoisotopic (exact) mass is 373 g/mol. The van der Waals surface area contributed by atoms with Crippen LogP contribution in [0.2, 0.25) is 10.0 Å². The molecule has 0 amide bonds. The predicted molar refractivity (Wildman–Crippen MR) is 104 cm³/mol. The van der Waals surface area contributed by atoms with Gasteiger partial charge >= 0.3 is 0 Å². The number of halogens is 2. The highest BCUT2D eigenvalue weighted by atomic mass is 35.5. The molecule has 1 aromatic carbocycles. The van der Waals surface area contributed by atoms with E-state index in [1.165, 1.54) is 30.4 Å². The maximum absolute atomic E-state index is 6.40. The summed E-state index contributed by atoms with van der Waals surface area (Å²) in [6, 6.07) is 8.31. The zero-order valence-electron chi connectivity index (χ0n) is 13.9. The molecule has 0 saturated heterocycles. The molecule has 1 atom stereocenters. The van der Waals surface area contributed by atoms with Gasteiger partial charge in [0, 0.05) is 40.6 Å². The first kappa shape index (κ1) is 16.9. The largest absolute Gasteiger partial charge is 0.361 e. The Bertz CT molecular complexity index is 856. The maximum Gasteiger partial charge on any atom is 0.0517 e. The fraction of sp³-hybridized carbons (Fsp3) is 0.350. The second-order valence-electron chi connectivity index (χ2n) is 6.78. The third-order valence-electron chi connectivity index (χ3n) is 5.20. The zero-order valence-corrected chi connectivity index (χ0v) is 15.4. The third-order valence-corrected chi connectivity index (χ3v) is 5.72. The van der Waals surface area contributed by atoms with Crippen LogP contribution in [0.4, 0.5) is 0 Å². The number of hydrogen-bond donors (Lipinski definition) is 2. The Morgan fingerprint density at radius 1 is 1.28 bits per heavy atom. The lowest BCUT2D eigenvalue weighted by Crippen LogP contribution is -2.33. The minimum atomic E-state index is 0.387. The van der Waals surface area contributed by atoms with Crippen molar-refractivity contribution in [3.05, 3.63) is 64.0 Å². The van der Waals surface area contributed by atoms with Crippen LogP contribution in [0, 0.1) is 5.92 Å². The highest BCUT2D eigenvalue weighted by Gasteiger charge is 2.28. The smallest absolute Gasteiger partial charge is 0.0517 e. The van der Waals surface area contributed by atoms with Gasteiger partial charge in [-0.1, -0.05) is 35.7 Å². The molecule has 0 aliphatic heterocycles. The highest BCUT2D eigenvalue weighted by molar-refractivity contribution is 6.38. The van der Waals surface area contributed by atoms with E-state index in [1.54, 1.807) is 0 Å². The van der Waals surface area contributed by atoms with E-state index in [9.17, 15) is 0 Å². The summed E-state index contributed by atoms with van der Waals surface area (Å²) in [4.78, 5) is 7.57. The van der Waals surface area contributed by atoms with Crippen LogP contribution in [0.1, 0.15) is 36.4 Å². The van der Waals surface area contributed by atoms with E-state index in [1.807, 2.05) is 36.8 Å². The van der Waals surface area contributed by atoms with Crippen molar-refractivity contribution in [2.24, 2.45) is 5.92 Å². The molecule has 2 heterocycles. The molecular weight excluding hydrogens is 353 g/mol. The Balaban J connectivity index is 1.47. The number of aromatic nitrogens is 2. The van der Waals surface area contributed by atoms with Crippen molar-refractivity contribution < 1.29 is 0 Å². The van der Waals surface area contributed by atoms with Crippen molar-refractivity contribution in [1.29, 1.82) is 0 Å². The van der Waals surface area contributed by atoms with Gasteiger partial charge in [-0.05, 0) is 61.1 Å². The molecule has 1 saturated carbocycles. The second-order valence-corrected chi connectivity index (χ2v) is 7.63. The first-order chi connectivity index (χ1) is 12.2. The molecule has 1 unspecified atom stereocenters. The van der Waals surface area contributed by atoms with Crippen LogP contribution in [-0.4, -0.2) is 16.5 Å². The SMILES string of the molecule is Clc1cc(Cl)c2c(CCNC(c3cccnc3)C3CCC3)c[nH]c2c1. The maximum atomic E-state index is 6.40. The molecule has 2 N–H and O–H groups in total. The summed E-state index contributed by atoms with van der Waals surface area (Å²) in [6.45, 7) is 0.905. The van der Waals surface area contributed by atoms with Crippen LogP contribution in [0.3, 0.4) is 0 Å². The lowest BCUT2D eigenvalue weighted by molar-refractivity contribution is 0.231. The predicted octanol–water partition coefficient (Wildman–Crippen LogP) is 5.54. The summed E-state index contributed by atoms with van der Waals surface area (Å²) in [5.41, 5.74) is 3.51. The summed E-state index contributed by atoms with van der Waals surface area (Å²) in [7, 11) is 0. The van der Waals surface area contributed by atoms with E-state index in [4.69, 9.17) is 23.2 Å². The summed E-state index contributed by atoms with van der Waals surface area (Å²) >= 11 is 12.5. The Morgan fingerprint density at radius 3 is 2.88 bits per heavy atom. The van der Waals surface area contributed by atoms with E-state index >= 15 is 0 Å². The molecule has 3 aromatic rings. The Hall–Kier alpha value is -1.55. The normalized spacial score (nSPS) is 16.1. The van der Waals surface area contributed by atoms with E-state index < -0.39 is 0 Å². The quantitative estimate of drug-likeness (QED) is 0.595. The van der Waals surface area contributed by atoms with Crippen molar-refractivity contribution in [1.82, 2.24) is 15.3 Å². The van der Waals surface area contributed by atoms with Gasteiger partial charge in [0.05, 0.1) is 5.02 Å². The Morgan fingerprint density at radius 2 is 2.16 bits per heavy atom. The lowest BCUT2D eigenvalue weighted by atomic mass is 9.77. The minimum absolute atomic E-state index is 0.387. The van der Waals surface area contributed by atoms with Crippen molar-refractivity contribution in [2.75, 3.05) is 6.54 Å². The van der Waals surface area contributed by atoms with Crippen molar-refractivity contribution in [2.45, 2.75) is 31.7 Å². The van der Waals surface area contributed by atoms with E-state index in [-0.39, 0.29) is 0 Å². The van der Waals surface area contributed by atoms with Gasteiger partial charge in [0.25, 0.3) is 0 Å². The molecule has 2 aromatic heterocycles. The van der Waals surface area contributed by atoms with E-state index in [0.29, 0.717) is 16.1 Å². The summed E-state index contributed by atoms with van der Waals surface area (Å²) in [6.07, 6.45) is 10.7. The Labute approximate surface area is 157 Å². The summed E-state index contributed by atoms with van der Waals surface area (Å²) in [5, 5.41) is 6.19. The van der Waals surface area contributed by atoms with Crippen LogP contribution in [0.5, 0.6) is 0 Å². The number of pyridine rings is 1. The van der Waals surface area contributed by atoms with Crippen LogP contribution >= 0.6 is 23.2 Å². The van der Waals surface area contributed by atoms with Gasteiger partial charge in [-0.15, -0.1) is 0 Å². The number of nitrogens with one attached hydrogen (secondary N) is 2. The van der Waals surface area contributed by atoms with Crippen molar-refractivity contribution in [3.8, 4) is 0 Å². The molecule has 0 bridgehead atoms. The standard InChI is InChI=1S/C20H21Cl2N3/c21-16-9-17(22)19-14(12-25-18(19)10-16)6-8-24-20(13-3-1-4-13)15-5-2-7-23-11-15/h2,5,7,9-13,20,24-25H,1,3-4,6,8H2. The van der Waals surface area contributed by atoms with E-state index in [2.05, 4.69) is 21.4 Å². The lowest BCUT2D eigenvalue weighted by Gasteiger charge is -2.34. The molecule has 1 fully saturated rings. The number of rotatable bonds is 6.